The average molecular weight is 340 g/mol. The number of phenols is 1. The Bertz CT molecular complexity index is 811. The molecule has 2 aliphatic heterocycles. The van der Waals surface area contributed by atoms with E-state index < -0.39 is 4.92 Å². The van der Waals surface area contributed by atoms with Gasteiger partial charge in [-0.25, -0.2) is 0 Å². The lowest BCUT2D eigenvalue weighted by Gasteiger charge is -2.26. The summed E-state index contributed by atoms with van der Waals surface area (Å²) in [4.78, 5) is 12.9. The van der Waals surface area contributed by atoms with E-state index >= 15 is 0 Å². The minimum atomic E-state index is -0.527. The molecule has 0 amide bonds. The van der Waals surface area contributed by atoms with E-state index in [4.69, 9.17) is 4.74 Å². The maximum Gasteiger partial charge on any atom is 0.310 e. The molecule has 2 unspecified atom stereocenters. The van der Waals surface area contributed by atoms with E-state index in [0.717, 1.165) is 42.8 Å². The van der Waals surface area contributed by atoms with Crippen LogP contribution in [0.15, 0.2) is 36.4 Å². The smallest absolute Gasteiger partial charge is 0.310 e. The van der Waals surface area contributed by atoms with Gasteiger partial charge in [0, 0.05) is 31.5 Å². The van der Waals surface area contributed by atoms with Gasteiger partial charge >= 0.3 is 5.69 Å². The van der Waals surface area contributed by atoms with Gasteiger partial charge in [-0.1, -0.05) is 18.2 Å². The first-order valence-corrected chi connectivity index (χ1v) is 8.46. The van der Waals surface area contributed by atoms with Crippen molar-refractivity contribution in [2.24, 2.45) is 0 Å². The van der Waals surface area contributed by atoms with Gasteiger partial charge in [0.15, 0.2) is 5.75 Å². The Morgan fingerprint density at radius 1 is 1.28 bits per heavy atom. The third kappa shape index (κ3) is 2.82. The number of fused-ring (bicyclic) bond motifs is 2. The summed E-state index contributed by atoms with van der Waals surface area (Å²) in [6.07, 6.45) is 1.51. The lowest BCUT2D eigenvalue weighted by atomic mass is 9.87. The zero-order valence-electron chi connectivity index (χ0n) is 14.0. The molecule has 0 bridgehead atoms. The highest BCUT2D eigenvalue weighted by molar-refractivity contribution is 5.53. The molecular weight excluding hydrogens is 320 g/mol. The molecule has 0 saturated heterocycles. The number of hydrogen-bond acceptors (Lipinski definition) is 5. The SMILES string of the molecule is CN1CCc2cc([N+](=O)[O-])c(O)cc2C(C2Cc3ccccc3O2)C1. The van der Waals surface area contributed by atoms with E-state index in [1.807, 2.05) is 18.2 Å². The second-order valence-corrected chi connectivity index (χ2v) is 6.88. The second kappa shape index (κ2) is 6.04. The van der Waals surface area contributed by atoms with Crippen LogP contribution in [0.4, 0.5) is 5.69 Å². The Hall–Kier alpha value is -2.60. The molecule has 2 aliphatic rings. The van der Waals surface area contributed by atoms with Gasteiger partial charge in [-0.05, 0) is 42.3 Å². The molecular formula is C19H20N2O4. The van der Waals surface area contributed by atoms with Crippen molar-refractivity contribution >= 4 is 5.69 Å². The number of nitro groups is 1. The summed E-state index contributed by atoms with van der Waals surface area (Å²) in [5.74, 6) is 0.697. The fourth-order valence-corrected chi connectivity index (χ4v) is 3.93. The van der Waals surface area contributed by atoms with Crippen molar-refractivity contribution in [3.05, 3.63) is 63.2 Å². The van der Waals surface area contributed by atoms with Gasteiger partial charge in [-0.2, -0.15) is 0 Å². The van der Waals surface area contributed by atoms with Crippen molar-refractivity contribution in [3.8, 4) is 11.5 Å². The monoisotopic (exact) mass is 340 g/mol. The third-order valence-electron chi connectivity index (χ3n) is 5.22. The number of phenolic OH excluding ortho intramolecular Hbond substituents is 1. The molecule has 2 heterocycles. The summed E-state index contributed by atoms with van der Waals surface area (Å²) in [5, 5.41) is 21.3. The molecule has 0 aromatic heterocycles. The van der Waals surface area contributed by atoms with Crippen molar-refractivity contribution in [1.82, 2.24) is 4.90 Å². The van der Waals surface area contributed by atoms with E-state index in [0.29, 0.717) is 0 Å². The molecule has 2 aromatic rings. The minimum Gasteiger partial charge on any atom is -0.502 e. The molecule has 4 rings (SSSR count). The van der Waals surface area contributed by atoms with Crippen molar-refractivity contribution in [2.45, 2.75) is 24.9 Å². The van der Waals surface area contributed by atoms with Gasteiger partial charge < -0.3 is 14.7 Å². The molecule has 25 heavy (non-hydrogen) atoms. The van der Waals surface area contributed by atoms with E-state index in [9.17, 15) is 15.2 Å². The topological polar surface area (TPSA) is 75.8 Å². The summed E-state index contributed by atoms with van der Waals surface area (Å²) < 4.78 is 6.18. The van der Waals surface area contributed by atoms with Crippen LogP contribution in [0.1, 0.15) is 22.6 Å². The second-order valence-electron chi connectivity index (χ2n) is 6.88. The Kier molecular flexibility index (Phi) is 3.84. The maximum absolute atomic E-state index is 11.2. The molecule has 2 atom stereocenters. The van der Waals surface area contributed by atoms with Crippen LogP contribution in [0.5, 0.6) is 11.5 Å². The summed E-state index contributed by atoms with van der Waals surface area (Å²) in [6, 6.07) is 11.1. The summed E-state index contributed by atoms with van der Waals surface area (Å²) >= 11 is 0. The number of hydrogen-bond donors (Lipinski definition) is 1. The third-order valence-corrected chi connectivity index (χ3v) is 5.22. The van der Waals surface area contributed by atoms with Gasteiger partial charge in [0.1, 0.15) is 11.9 Å². The van der Waals surface area contributed by atoms with E-state index in [1.54, 1.807) is 6.07 Å². The number of likely N-dealkylation sites (N-methyl/N-ethyl adjacent to an activating group) is 1. The summed E-state index contributed by atoms with van der Waals surface area (Å²) in [6.45, 7) is 1.62. The summed E-state index contributed by atoms with van der Waals surface area (Å²) in [5.41, 5.74) is 2.86. The molecule has 6 heteroatoms. The van der Waals surface area contributed by atoms with E-state index in [1.165, 1.54) is 11.6 Å². The quantitative estimate of drug-likeness (QED) is 0.672. The van der Waals surface area contributed by atoms with Gasteiger partial charge in [0.2, 0.25) is 0 Å². The highest BCUT2D eigenvalue weighted by Gasteiger charge is 2.35. The van der Waals surface area contributed by atoms with Crippen LogP contribution in [0.3, 0.4) is 0 Å². The highest BCUT2D eigenvalue weighted by Crippen LogP contribution is 2.40. The first-order valence-electron chi connectivity index (χ1n) is 8.46. The van der Waals surface area contributed by atoms with Crippen LogP contribution in [0.2, 0.25) is 0 Å². The molecule has 0 fully saturated rings. The molecule has 6 nitrogen and oxygen atoms in total. The zero-order valence-corrected chi connectivity index (χ0v) is 14.0. The largest absolute Gasteiger partial charge is 0.502 e. The molecule has 130 valence electrons. The predicted molar refractivity (Wildman–Crippen MR) is 93.3 cm³/mol. The van der Waals surface area contributed by atoms with E-state index in [2.05, 4.69) is 18.0 Å². The number of nitrogens with zero attached hydrogens (tertiary/aromatic N) is 2. The van der Waals surface area contributed by atoms with Crippen LogP contribution in [0.25, 0.3) is 0 Å². The first kappa shape index (κ1) is 15.9. The fraction of sp³-hybridized carbons (Fsp3) is 0.368. The van der Waals surface area contributed by atoms with Crippen molar-refractivity contribution in [3.63, 3.8) is 0 Å². The van der Waals surface area contributed by atoms with Crippen LogP contribution in [0, 0.1) is 10.1 Å². The molecule has 1 N–H and O–H groups in total. The van der Waals surface area contributed by atoms with Crippen molar-refractivity contribution in [1.29, 1.82) is 0 Å². The van der Waals surface area contributed by atoms with Crippen molar-refractivity contribution in [2.75, 3.05) is 20.1 Å². The Labute approximate surface area is 145 Å². The lowest BCUT2D eigenvalue weighted by Crippen LogP contribution is -2.32. The van der Waals surface area contributed by atoms with Crippen molar-refractivity contribution < 1.29 is 14.8 Å². The van der Waals surface area contributed by atoms with E-state index in [-0.39, 0.29) is 23.5 Å². The molecule has 0 radical (unpaired) electrons. The molecule has 2 aromatic carbocycles. The molecule has 0 aliphatic carbocycles. The number of aromatic hydroxyl groups is 1. The Morgan fingerprint density at radius 3 is 2.84 bits per heavy atom. The van der Waals surface area contributed by atoms with Gasteiger partial charge in [0.05, 0.1) is 4.92 Å². The summed E-state index contributed by atoms with van der Waals surface area (Å²) in [7, 11) is 2.05. The van der Waals surface area contributed by atoms with Gasteiger partial charge in [-0.3, -0.25) is 10.1 Å². The average Bonchev–Trinajstić information content (AvgIpc) is 2.94. The maximum atomic E-state index is 11.2. The van der Waals surface area contributed by atoms with Crippen LogP contribution in [-0.4, -0.2) is 41.2 Å². The number of nitro benzene ring substituents is 1. The van der Waals surface area contributed by atoms with Crippen LogP contribution < -0.4 is 4.74 Å². The minimum absolute atomic E-state index is 0.0300. The van der Waals surface area contributed by atoms with Gasteiger partial charge in [0.25, 0.3) is 0 Å². The number of ether oxygens (including phenoxy) is 1. The zero-order chi connectivity index (χ0) is 17.6. The molecule has 0 saturated carbocycles. The first-order chi connectivity index (χ1) is 12.0. The van der Waals surface area contributed by atoms with Crippen LogP contribution in [-0.2, 0) is 12.8 Å². The van der Waals surface area contributed by atoms with Gasteiger partial charge in [-0.15, -0.1) is 0 Å². The number of benzene rings is 2. The standard InChI is InChI=1S/C19H20N2O4/c1-20-7-6-12-8-16(21(23)24)17(22)10-14(12)15(11-20)19-9-13-4-2-3-5-18(13)25-19/h2-5,8,10,15,19,22H,6-7,9,11H2,1H3. The normalized spacial score (nSPS) is 22.6. The number of rotatable bonds is 2. The Morgan fingerprint density at radius 2 is 2.08 bits per heavy atom. The molecule has 0 spiro atoms. The lowest BCUT2D eigenvalue weighted by molar-refractivity contribution is -0.385. The van der Waals surface area contributed by atoms with Crippen LogP contribution >= 0.6 is 0 Å². The fourth-order valence-electron chi connectivity index (χ4n) is 3.93. The number of para-hydroxylation sites is 1. The predicted octanol–water partition coefficient (Wildman–Crippen LogP) is 2.88. The highest BCUT2D eigenvalue weighted by atomic mass is 16.6. The Balaban J connectivity index is 1.74.